The fourth-order valence-corrected chi connectivity index (χ4v) is 2.37. The van der Waals surface area contributed by atoms with Gasteiger partial charge in [0.05, 0.1) is 5.52 Å². The number of nitrogens with zero attached hydrogens (tertiary/aromatic N) is 4. The van der Waals surface area contributed by atoms with E-state index in [0.29, 0.717) is 5.69 Å². The van der Waals surface area contributed by atoms with Crippen molar-refractivity contribution in [3.05, 3.63) is 72.9 Å². The Morgan fingerprint density at radius 1 is 0.920 bits per heavy atom. The number of fused-ring (bicyclic) bond motifs is 1. The molecule has 4 rings (SSSR count). The number of nitrogens with one attached hydrogen (secondary N) is 1. The van der Waals surface area contributed by atoms with E-state index in [-0.39, 0.29) is 0 Å². The molecule has 0 amide bonds. The summed E-state index contributed by atoms with van der Waals surface area (Å²) in [5, 5.41) is 9.74. The van der Waals surface area contributed by atoms with Crippen molar-refractivity contribution in [3.8, 4) is 5.69 Å². The molecule has 2 heterocycles. The van der Waals surface area contributed by atoms with Crippen LogP contribution in [0.25, 0.3) is 16.6 Å². The van der Waals surface area contributed by atoms with E-state index in [0.717, 1.165) is 10.3 Å². The van der Waals surface area contributed by atoms with E-state index in [1.165, 1.54) is 5.39 Å². The molecule has 0 atom stereocenters. The lowest BCUT2D eigenvalue weighted by atomic mass is 10.2. The van der Waals surface area contributed by atoms with Crippen molar-refractivity contribution in [1.82, 2.24) is 20.4 Å². The average molecular weight is 356 g/mol. The van der Waals surface area contributed by atoms with Crippen LogP contribution in [-0.2, 0) is 10.1 Å². The average Bonchev–Trinajstić information content (AvgIpc) is 3.14. The van der Waals surface area contributed by atoms with E-state index in [2.05, 4.69) is 32.5 Å². The second-order valence-electron chi connectivity index (χ2n) is 4.92. The second-order valence-corrected chi connectivity index (χ2v) is 6.26. The number of para-hydroxylation sites is 2. The standard InChI is InChI=1S/C9H7N.C7H6N4O3S/c1-2-6-9-8(4-1)5-3-7-10-9;12-15(13,14)7-8-10-11(9-7)6-4-2-1-3-5-6/h1-7H;1-5H,(H,12,13,14)/p+1. The summed E-state index contributed by atoms with van der Waals surface area (Å²) in [6.07, 6.45) is 1.81. The van der Waals surface area contributed by atoms with E-state index >= 15 is 0 Å². The van der Waals surface area contributed by atoms with Crippen molar-refractivity contribution in [2.75, 3.05) is 0 Å². The van der Waals surface area contributed by atoms with Crippen LogP contribution in [0.15, 0.2) is 78.1 Å². The molecule has 0 unspecified atom stereocenters. The van der Waals surface area contributed by atoms with Crippen LogP contribution in [0.5, 0.6) is 0 Å². The molecule has 0 spiro atoms. The molecule has 2 N–H and O–H groups in total. The van der Waals surface area contributed by atoms with Crippen LogP contribution in [0.1, 0.15) is 0 Å². The number of hydrogen-bond acceptors (Lipinski definition) is 5. The molecule has 126 valence electrons. The molecular formula is C16H14N5O3S+. The molecule has 2 aromatic carbocycles. The first-order chi connectivity index (χ1) is 12.0. The summed E-state index contributed by atoms with van der Waals surface area (Å²) in [4.78, 5) is 5.32. The van der Waals surface area contributed by atoms with Crippen LogP contribution >= 0.6 is 0 Å². The Hall–Kier alpha value is -3.17. The lowest BCUT2D eigenvalue weighted by molar-refractivity contribution is -0.718. The first-order valence-corrected chi connectivity index (χ1v) is 8.66. The van der Waals surface area contributed by atoms with Gasteiger partial charge in [0.2, 0.25) is 0 Å². The summed E-state index contributed by atoms with van der Waals surface area (Å²) in [5.74, 6) is 0. The number of pyridine rings is 1. The van der Waals surface area contributed by atoms with Gasteiger partial charge in [-0.25, -0.2) is 0 Å². The van der Waals surface area contributed by atoms with Crippen molar-refractivity contribution < 1.29 is 17.8 Å². The van der Waals surface area contributed by atoms with Gasteiger partial charge >= 0.3 is 15.3 Å². The Kier molecular flexibility index (Phi) is 4.78. The molecule has 0 saturated heterocycles. The number of rotatable bonds is 2. The minimum absolute atomic E-state index is 0.591. The molecule has 0 radical (unpaired) electrons. The van der Waals surface area contributed by atoms with E-state index in [1.807, 2.05) is 36.5 Å². The van der Waals surface area contributed by atoms with Crippen LogP contribution < -0.4 is 4.80 Å². The Morgan fingerprint density at radius 3 is 2.28 bits per heavy atom. The molecule has 0 bridgehead atoms. The summed E-state index contributed by atoms with van der Waals surface area (Å²) >= 11 is 0. The summed E-state index contributed by atoms with van der Waals surface area (Å²) < 4.78 is 30.0. The zero-order chi connectivity index (χ0) is 17.7. The van der Waals surface area contributed by atoms with E-state index in [1.54, 1.807) is 24.3 Å². The number of benzene rings is 2. The number of hydrogen-bond donors (Lipinski definition) is 2. The number of tetrazole rings is 1. The quantitative estimate of drug-likeness (QED) is 0.416. The summed E-state index contributed by atoms with van der Waals surface area (Å²) in [5.41, 5.74) is 1.67. The Balaban J connectivity index is 0.000000157. The molecule has 0 aliphatic heterocycles. The van der Waals surface area contributed by atoms with Crippen LogP contribution in [-0.4, -0.2) is 33.4 Å². The lowest BCUT2D eigenvalue weighted by Crippen LogP contribution is -2.36. The third-order valence-corrected chi connectivity index (χ3v) is 3.85. The Morgan fingerprint density at radius 2 is 1.60 bits per heavy atom. The van der Waals surface area contributed by atoms with Gasteiger partial charge < -0.3 is 0 Å². The van der Waals surface area contributed by atoms with Gasteiger partial charge in [0.1, 0.15) is 5.10 Å². The maximum Gasteiger partial charge on any atom is 0.424 e. The Bertz CT molecular complexity index is 1020. The van der Waals surface area contributed by atoms with Crippen LogP contribution in [0.2, 0.25) is 0 Å². The number of aromatic nitrogens is 5. The van der Waals surface area contributed by atoms with Gasteiger partial charge in [-0.15, -0.1) is 5.10 Å². The molecule has 4 aromatic rings. The Labute approximate surface area is 143 Å². The first-order valence-electron chi connectivity index (χ1n) is 7.22. The predicted molar refractivity (Wildman–Crippen MR) is 89.5 cm³/mol. The predicted octanol–water partition coefficient (Wildman–Crippen LogP) is 1.56. The van der Waals surface area contributed by atoms with Gasteiger partial charge in [-0.2, -0.15) is 8.42 Å². The van der Waals surface area contributed by atoms with Gasteiger partial charge in [-0.1, -0.05) is 42.5 Å². The minimum Gasteiger partial charge on any atom is -0.278 e. The minimum atomic E-state index is -4.34. The highest BCUT2D eigenvalue weighted by Crippen LogP contribution is 2.07. The third-order valence-electron chi connectivity index (χ3n) is 3.18. The SMILES string of the molecule is O=S(=O)(O)c1nn[n+](-c2ccccc2)[nH]1.c1ccc2ncccc2c1. The zero-order valence-corrected chi connectivity index (χ0v) is 13.7. The van der Waals surface area contributed by atoms with Crippen LogP contribution in [0.3, 0.4) is 0 Å². The molecule has 0 aliphatic rings. The molecule has 2 aromatic heterocycles. The molecule has 25 heavy (non-hydrogen) atoms. The summed E-state index contributed by atoms with van der Waals surface area (Å²) in [6.45, 7) is 0. The highest BCUT2D eigenvalue weighted by molar-refractivity contribution is 7.85. The number of H-pyrrole nitrogens is 1. The maximum absolute atomic E-state index is 10.7. The van der Waals surface area contributed by atoms with Crippen molar-refractivity contribution in [2.45, 2.75) is 5.16 Å². The summed E-state index contributed by atoms with van der Waals surface area (Å²) in [6, 6.07) is 20.8. The third kappa shape index (κ3) is 4.22. The van der Waals surface area contributed by atoms with E-state index in [4.69, 9.17) is 4.55 Å². The topological polar surface area (TPSA) is 113 Å². The molecule has 0 aliphatic carbocycles. The fourth-order valence-electron chi connectivity index (χ4n) is 2.03. The molecule has 8 nitrogen and oxygen atoms in total. The highest BCUT2D eigenvalue weighted by atomic mass is 32.2. The number of aromatic amines is 1. The van der Waals surface area contributed by atoms with E-state index in [9.17, 15) is 8.42 Å². The zero-order valence-electron chi connectivity index (χ0n) is 12.9. The lowest BCUT2D eigenvalue weighted by Gasteiger charge is -1.91. The largest absolute Gasteiger partial charge is 0.424 e. The monoisotopic (exact) mass is 356 g/mol. The fraction of sp³-hybridized carbons (Fsp3) is 0. The van der Waals surface area contributed by atoms with Crippen LogP contribution in [0, 0.1) is 0 Å². The van der Waals surface area contributed by atoms with Gasteiger partial charge in [0.25, 0.3) is 0 Å². The van der Waals surface area contributed by atoms with E-state index < -0.39 is 15.3 Å². The van der Waals surface area contributed by atoms with Crippen molar-refractivity contribution >= 4 is 21.0 Å². The normalized spacial score (nSPS) is 10.9. The smallest absolute Gasteiger partial charge is 0.278 e. The molecule has 9 heteroatoms. The van der Waals surface area contributed by atoms with Crippen molar-refractivity contribution in [1.29, 1.82) is 0 Å². The molecule has 0 saturated carbocycles. The summed E-state index contributed by atoms with van der Waals surface area (Å²) in [7, 11) is -4.34. The van der Waals surface area contributed by atoms with Crippen molar-refractivity contribution in [2.24, 2.45) is 0 Å². The van der Waals surface area contributed by atoms with Crippen LogP contribution in [0.4, 0.5) is 0 Å². The van der Waals surface area contributed by atoms with Gasteiger partial charge in [0.15, 0.2) is 10.9 Å². The van der Waals surface area contributed by atoms with Gasteiger partial charge in [0, 0.05) is 11.6 Å². The van der Waals surface area contributed by atoms with Crippen molar-refractivity contribution in [3.63, 3.8) is 0 Å². The second kappa shape index (κ2) is 7.16. The molecule has 0 fully saturated rings. The van der Waals surface area contributed by atoms with Gasteiger partial charge in [-0.3, -0.25) is 9.54 Å². The maximum atomic E-state index is 10.7. The highest BCUT2D eigenvalue weighted by Gasteiger charge is 2.24. The first kappa shape index (κ1) is 16.7. The molecular weight excluding hydrogens is 342 g/mol. The van der Waals surface area contributed by atoms with Gasteiger partial charge in [-0.05, 0) is 29.1 Å².